The number of ether oxygens (including phenoxy) is 1. The summed E-state index contributed by atoms with van der Waals surface area (Å²) in [5.41, 5.74) is 0.503. The number of Topliss-reactive ketones (excluding diaryl/α,β-unsaturated/α-hetero) is 1. The smallest absolute Gasteiger partial charge is 0.339 e. The summed E-state index contributed by atoms with van der Waals surface area (Å²) in [5.74, 6) is -2.06. The zero-order chi connectivity index (χ0) is 16.2. The third-order valence-electron chi connectivity index (χ3n) is 2.73. The second-order valence-electron chi connectivity index (χ2n) is 4.34. The molecule has 0 aliphatic rings. The number of carbonyl (C=O) groups is 3. The van der Waals surface area contributed by atoms with Crippen LogP contribution in [0.3, 0.4) is 0 Å². The van der Waals surface area contributed by atoms with E-state index in [-0.39, 0.29) is 11.3 Å². The summed E-state index contributed by atoms with van der Waals surface area (Å²) in [5, 5.41) is 0. The number of likely N-dealkylation sites (N-methyl/N-ethyl adjacent to an activating group) is 1. The van der Waals surface area contributed by atoms with Gasteiger partial charge in [0, 0.05) is 27.3 Å². The number of ketones is 1. The molecule has 0 aliphatic carbocycles. The van der Waals surface area contributed by atoms with Crippen molar-refractivity contribution in [3.8, 4) is 0 Å². The first-order valence-corrected chi connectivity index (χ1v) is 6.02. The molecule has 1 aromatic heterocycles. The van der Waals surface area contributed by atoms with Crippen molar-refractivity contribution in [1.82, 2.24) is 9.47 Å². The minimum absolute atomic E-state index is 0.0972. The van der Waals surface area contributed by atoms with Gasteiger partial charge in [-0.05, 0) is 12.1 Å². The molecule has 7 heteroatoms. The quantitative estimate of drug-likeness (QED) is 0.442. The van der Waals surface area contributed by atoms with E-state index in [2.05, 4.69) is 16.3 Å². The van der Waals surface area contributed by atoms with E-state index < -0.39 is 17.7 Å². The summed E-state index contributed by atoms with van der Waals surface area (Å²) >= 11 is 0. The van der Waals surface area contributed by atoms with Crippen LogP contribution in [0.2, 0.25) is 0 Å². The average Bonchev–Trinajstić information content (AvgIpc) is 2.50. The summed E-state index contributed by atoms with van der Waals surface area (Å²) in [6.45, 7) is 3.62. The Kier molecular flexibility index (Phi) is 5.18. The third kappa shape index (κ3) is 3.44. The van der Waals surface area contributed by atoms with Gasteiger partial charge in [-0.25, -0.2) is 4.79 Å². The Morgan fingerprint density at radius 1 is 1.29 bits per heavy atom. The van der Waals surface area contributed by atoms with Crippen LogP contribution in [-0.2, 0) is 14.3 Å². The molecule has 0 radical (unpaired) electrons. The minimum Gasteiger partial charge on any atom is -0.465 e. The number of esters is 1. The van der Waals surface area contributed by atoms with E-state index in [1.807, 2.05) is 0 Å². The molecule has 0 fully saturated rings. The van der Waals surface area contributed by atoms with Crippen LogP contribution >= 0.6 is 0 Å². The first-order valence-electron chi connectivity index (χ1n) is 6.02. The lowest BCUT2D eigenvalue weighted by atomic mass is 10.2. The molecular weight excluding hydrogens is 274 g/mol. The molecule has 1 amide bonds. The van der Waals surface area contributed by atoms with Gasteiger partial charge in [-0.15, -0.1) is 0 Å². The Morgan fingerprint density at radius 2 is 1.90 bits per heavy atom. The van der Waals surface area contributed by atoms with Gasteiger partial charge < -0.3 is 9.64 Å². The van der Waals surface area contributed by atoms with Crippen molar-refractivity contribution < 1.29 is 19.1 Å². The van der Waals surface area contributed by atoms with E-state index in [4.69, 9.17) is 0 Å². The van der Waals surface area contributed by atoms with Gasteiger partial charge in [0.2, 0.25) is 0 Å². The van der Waals surface area contributed by atoms with E-state index in [1.54, 1.807) is 0 Å². The van der Waals surface area contributed by atoms with Gasteiger partial charge >= 0.3 is 5.97 Å². The van der Waals surface area contributed by atoms with Crippen molar-refractivity contribution in [2.75, 3.05) is 28.3 Å². The molecule has 1 aromatic rings. The predicted octanol–water partition coefficient (Wildman–Crippen LogP) is -0.0668. The highest BCUT2D eigenvalue weighted by molar-refractivity contribution is 6.50. The lowest BCUT2D eigenvalue weighted by Crippen LogP contribution is -2.34. The van der Waals surface area contributed by atoms with E-state index in [0.29, 0.717) is 5.49 Å². The molecule has 0 saturated heterocycles. The lowest BCUT2D eigenvalue weighted by molar-refractivity contribution is -0.140. The number of amides is 1. The van der Waals surface area contributed by atoms with Crippen molar-refractivity contribution in [3.05, 3.63) is 36.0 Å². The molecule has 0 aliphatic heterocycles. The minimum atomic E-state index is -0.781. The highest BCUT2D eigenvalue weighted by atomic mass is 16.5. The maximum atomic E-state index is 12.0. The Morgan fingerprint density at radius 3 is 2.38 bits per heavy atom. The monoisotopic (exact) mass is 291 g/mol. The van der Waals surface area contributed by atoms with E-state index in [1.165, 1.54) is 51.1 Å². The Labute approximate surface area is 122 Å². The number of carbonyl (C=O) groups excluding carboxylic acids is 3. The van der Waals surface area contributed by atoms with Gasteiger partial charge in [-0.3, -0.25) is 19.1 Å². The van der Waals surface area contributed by atoms with Gasteiger partial charge in [-0.2, -0.15) is 0 Å². The summed E-state index contributed by atoms with van der Waals surface area (Å²) in [7, 11) is 5.71. The normalized spacial score (nSPS) is 11.0. The predicted molar refractivity (Wildman–Crippen MR) is 76.3 cm³/mol. The van der Waals surface area contributed by atoms with E-state index in [0.717, 1.165) is 4.90 Å². The highest BCUT2D eigenvalue weighted by Crippen LogP contribution is 2.06. The Hall–Kier alpha value is -2.70. The SMILES string of the molecule is C=C(C(=O)C(=O)N(C)C)n1cc(C(=O)OC)ccc1=NC. The molecule has 112 valence electrons. The van der Waals surface area contributed by atoms with Gasteiger partial charge in [0.25, 0.3) is 11.7 Å². The summed E-state index contributed by atoms with van der Waals surface area (Å²) in [6, 6.07) is 3.04. The molecular formula is C14H17N3O4. The van der Waals surface area contributed by atoms with Crippen molar-refractivity contribution >= 4 is 23.4 Å². The first kappa shape index (κ1) is 16.4. The fraction of sp³-hybridized carbons (Fsp3) is 0.286. The van der Waals surface area contributed by atoms with Crippen LogP contribution in [-0.4, -0.2) is 55.4 Å². The maximum Gasteiger partial charge on any atom is 0.339 e. The van der Waals surface area contributed by atoms with Crippen molar-refractivity contribution in [3.63, 3.8) is 0 Å². The molecule has 21 heavy (non-hydrogen) atoms. The third-order valence-corrected chi connectivity index (χ3v) is 2.73. The highest BCUT2D eigenvalue weighted by Gasteiger charge is 2.21. The van der Waals surface area contributed by atoms with Crippen LogP contribution in [0.25, 0.3) is 5.70 Å². The number of hydrogen-bond donors (Lipinski definition) is 0. The number of hydrogen-bond acceptors (Lipinski definition) is 5. The van der Waals surface area contributed by atoms with E-state index in [9.17, 15) is 14.4 Å². The van der Waals surface area contributed by atoms with Gasteiger partial charge in [0.15, 0.2) is 0 Å². The zero-order valence-electron chi connectivity index (χ0n) is 12.4. The van der Waals surface area contributed by atoms with Gasteiger partial charge in [0.1, 0.15) is 5.49 Å². The van der Waals surface area contributed by atoms with Gasteiger partial charge in [-0.1, -0.05) is 6.58 Å². The van der Waals surface area contributed by atoms with Crippen molar-refractivity contribution in [2.24, 2.45) is 4.99 Å². The fourth-order valence-corrected chi connectivity index (χ4v) is 1.57. The molecule has 0 saturated carbocycles. The zero-order valence-corrected chi connectivity index (χ0v) is 12.4. The number of nitrogens with zero attached hydrogens (tertiary/aromatic N) is 3. The molecule has 0 N–H and O–H groups in total. The largest absolute Gasteiger partial charge is 0.465 e. The van der Waals surface area contributed by atoms with Crippen LogP contribution in [0.4, 0.5) is 0 Å². The standard InChI is InChI=1S/C14H17N3O4/c1-9(12(18)13(19)16(3)4)17-8-10(14(20)21-5)6-7-11(17)15-2/h6-8H,1H2,2-5H3. The van der Waals surface area contributed by atoms with Crippen molar-refractivity contribution in [1.29, 1.82) is 0 Å². The maximum absolute atomic E-state index is 12.0. The Balaban J connectivity index is 3.34. The van der Waals surface area contributed by atoms with Crippen LogP contribution in [0.1, 0.15) is 10.4 Å². The summed E-state index contributed by atoms with van der Waals surface area (Å²) < 4.78 is 5.91. The second kappa shape index (κ2) is 6.65. The summed E-state index contributed by atoms with van der Waals surface area (Å²) in [6.07, 6.45) is 1.36. The fourth-order valence-electron chi connectivity index (χ4n) is 1.57. The molecule has 1 heterocycles. The van der Waals surface area contributed by atoms with Crippen LogP contribution in [0.5, 0.6) is 0 Å². The molecule has 0 spiro atoms. The summed E-state index contributed by atoms with van der Waals surface area (Å²) in [4.78, 5) is 40.4. The number of aromatic nitrogens is 1. The Bertz CT molecular complexity index is 671. The van der Waals surface area contributed by atoms with Crippen molar-refractivity contribution in [2.45, 2.75) is 0 Å². The van der Waals surface area contributed by atoms with Crippen LogP contribution in [0.15, 0.2) is 29.9 Å². The molecule has 0 bridgehead atoms. The average molecular weight is 291 g/mol. The second-order valence-corrected chi connectivity index (χ2v) is 4.34. The number of pyridine rings is 1. The van der Waals surface area contributed by atoms with Crippen LogP contribution in [0, 0.1) is 0 Å². The molecule has 0 aromatic carbocycles. The number of rotatable bonds is 4. The van der Waals surface area contributed by atoms with Gasteiger partial charge in [0.05, 0.1) is 18.4 Å². The number of methoxy groups -OCH3 is 1. The first-order chi connectivity index (χ1) is 9.83. The molecule has 0 atom stereocenters. The van der Waals surface area contributed by atoms with Crippen LogP contribution < -0.4 is 5.49 Å². The molecule has 0 unspecified atom stereocenters. The topological polar surface area (TPSA) is 81.0 Å². The molecule has 7 nitrogen and oxygen atoms in total. The van der Waals surface area contributed by atoms with E-state index >= 15 is 0 Å². The molecule has 1 rings (SSSR count). The lowest BCUT2D eigenvalue weighted by Gasteiger charge is -2.13.